The smallest absolute Gasteiger partial charge is 0.323 e. The molecule has 0 saturated carbocycles. The molecule has 2 atom stereocenters. The number of fused-ring (bicyclic) bond motifs is 1. The lowest BCUT2D eigenvalue weighted by Crippen LogP contribution is -2.42. The molecule has 136 valence electrons. The molecule has 0 aliphatic carbocycles. The summed E-state index contributed by atoms with van der Waals surface area (Å²) in [7, 11) is 1.41. The van der Waals surface area contributed by atoms with E-state index >= 15 is 0 Å². The van der Waals surface area contributed by atoms with Crippen LogP contribution >= 0.6 is 0 Å². The van der Waals surface area contributed by atoms with Crippen LogP contribution in [0.15, 0.2) is 30.5 Å². The van der Waals surface area contributed by atoms with Crippen molar-refractivity contribution in [2.75, 3.05) is 7.11 Å². The zero-order chi connectivity index (χ0) is 18.4. The Morgan fingerprint density at radius 3 is 2.68 bits per heavy atom. The van der Waals surface area contributed by atoms with Gasteiger partial charge in [-0.3, -0.25) is 14.9 Å². The van der Waals surface area contributed by atoms with Crippen molar-refractivity contribution in [2.24, 2.45) is 11.7 Å². The highest BCUT2D eigenvalue weighted by Crippen LogP contribution is 2.22. The molecule has 0 aliphatic rings. The second-order valence-electron chi connectivity index (χ2n) is 6.35. The van der Waals surface area contributed by atoms with Crippen molar-refractivity contribution < 1.29 is 14.3 Å². The average molecular weight is 345 g/mol. The van der Waals surface area contributed by atoms with E-state index in [1.807, 2.05) is 42.0 Å². The van der Waals surface area contributed by atoms with Gasteiger partial charge >= 0.3 is 5.97 Å². The van der Waals surface area contributed by atoms with Crippen molar-refractivity contribution in [1.29, 1.82) is 0 Å². The van der Waals surface area contributed by atoms with Crippen LogP contribution in [0.3, 0.4) is 0 Å². The van der Waals surface area contributed by atoms with Gasteiger partial charge in [0.2, 0.25) is 5.91 Å². The summed E-state index contributed by atoms with van der Waals surface area (Å²) >= 11 is 0. The monoisotopic (exact) mass is 345 g/mol. The molecule has 0 unspecified atom stereocenters. The van der Waals surface area contributed by atoms with Gasteiger partial charge in [0, 0.05) is 36.6 Å². The molecule has 0 bridgehead atoms. The summed E-state index contributed by atoms with van der Waals surface area (Å²) in [6, 6.07) is 7.67. The maximum Gasteiger partial charge on any atom is 0.323 e. The first-order valence-electron chi connectivity index (χ1n) is 8.64. The number of para-hydroxylation sites is 1. The number of primary amides is 1. The van der Waals surface area contributed by atoms with Crippen molar-refractivity contribution in [3.05, 3.63) is 36.0 Å². The molecule has 0 aliphatic heterocycles. The molecule has 1 aromatic carbocycles. The molecule has 6 heteroatoms. The molecule has 1 aromatic heterocycles. The summed E-state index contributed by atoms with van der Waals surface area (Å²) in [5.41, 5.74) is 7.41. The zero-order valence-electron chi connectivity index (χ0n) is 15.1. The quantitative estimate of drug-likeness (QED) is 0.682. The molecular weight excluding hydrogens is 318 g/mol. The van der Waals surface area contributed by atoms with Crippen LogP contribution in [0.2, 0.25) is 0 Å². The third kappa shape index (κ3) is 4.60. The van der Waals surface area contributed by atoms with E-state index in [2.05, 4.69) is 12.2 Å². The predicted octanol–water partition coefficient (Wildman–Crippen LogP) is 2.19. The molecule has 0 saturated heterocycles. The first kappa shape index (κ1) is 19.0. The summed E-state index contributed by atoms with van der Waals surface area (Å²) < 4.78 is 6.96. The fourth-order valence-electron chi connectivity index (χ4n) is 2.98. The highest BCUT2D eigenvalue weighted by Gasteiger charge is 2.24. The topological polar surface area (TPSA) is 86.4 Å². The van der Waals surface area contributed by atoms with Gasteiger partial charge in [0.15, 0.2) is 0 Å². The van der Waals surface area contributed by atoms with Crippen LogP contribution in [-0.2, 0) is 27.4 Å². The molecule has 0 spiro atoms. The maximum atomic E-state index is 12.0. The number of nitrogens with one attached hydrogen (secondary N) is 1. The standard InChI is InChI=1S/C19H27N3O3/c1-4-13(2)18(19(24)25-3)21-11-14-12-22(10-9-17(20)23)16-8-6-5-7-15(14)16/h5-8,12-13,18,21H,4,9-11H2,1-3H3,(H2,20,23)/t13-,18-/m0/s1. The second kappa shape index (κ2) is 8.67. The van der Waals surface area contributed by atoms with Crippen LogP contribution in [0.1, 0.15) is 32.3 Å². The number of nitrogens with two attached hydrogens (primary N) is 1. The number of aromatic nitrogens is 1. The number of carbonyl (C=O) groups excluding carboxylic acids is 2. The van der Waals surface area contributed by atoms with Crippen LogP contribution < -0.4 is 11.1 Å². The zero-order valence-corrected chi connectivity index (χ0v) is 15.1. The molecule has 0 fully saturated rings. The third-order valence-electron chi connectivity index (χ3n) is 4.65. The van der Waals surface area contributed by atoms with Crippen LogP contribution in [0.4, 0.5) is 0 Å². The Morgan fingerprint density at radius 1 is 1.32 bits per heavy atom. The molecule has 6 nitrogen and oxygen atoms in total. The van der Waals surface area contributed by atoms with Gasteiger partial charge in [-0.1, -0.05) is 38.5 Å². The van der Waals surface area contributed by atoms with E-state index in [1.54, 1.807) is 0 Å². The van der Waals surface area contributed by atoms with Crippen LogP contribution in [0, 0.1) is 5.92 Å². The van der Waals surface area contributed by atoms with Gasteiger partial charge in [0.05, 0.1) is 7.11 Å². The SMILES string of the molecule is CC[C@H](C)[C@H](NCc1cn(CCC(N)=O)c2ccccc12)C(=O)OC. The minimum Gasteiger partial charge on any atom is -0.468 e. The van der Waals surface area contributed by atoms with Gasteiger partial charge in [-0.05, 0) is 17.5 Å². The molecule has 2 aromatic rings. The molecule has 0 radical (unpaired) electrons. The lowest BCUT2D eigenvalue weighted by molar-refractivity contribution is -0.144. The Morgan fingerprint density at radius 2 is 2.04 bits per heavy atom. The Kier molecular flexibility index (Phi) is 6.58. The van der Waals surface area contributed by atoms with Crippen LogP contribution in [0.25, 0.3) is 10.9 Å². The van der Waals surface area contributed by atoms with Gasteiger partial charge in [-0.15, -0.1) is 0 Å². The molecule has 2 rings (SSSR count). The summed E-state index contributed by atoms with van der Waals surface area (Å²) in [6.45, 7) is 5.18. The number of carbonyl (C=O) groups is 2. The minimum absolute atomic E-state index is 0.177. The number of methoxy groups -OCH3 is 1. The summed E-state index contributed by atoms with van der Waals surface area (Å²) in [6.07, 6.45) is 3.20. The fraction of sp³-hybridized carbons (Fsp3) is 0.474. The van der Waals surface area contributed by atoms with E-state index in [0.717, 1.165) is 22.9 Å². The van der Waals surface area contributed by atoms with E-state index < -0.39 is 0 Å². The Labute approximate surface area is 148 Å². The van der Waals surface area contributed by atoms with Gasteiger partial charge < -0.3 is 15.0 Å². The van der Waals surface area contributed by atoms with Gasteiger partial charge in [0.1, 0.15) is 6.04 Å². The lowest BCUT2D eigenvalue weighted by Gasteiger charge is -2.21. The minimum atomic E-state index is -0.345. The normalized spacial score (nSPS) is 13.6. The van der Waals surface area contributed by atoms with E-state index in [4.69, 9.17) is 10.5 Å². The molecule has 1 heterocycles. The van der Waals surface area contributed by atoms with Crippen LogP contribution in [0.5, 0.6) is 0 Å². The highest BCUT2D eigenvalue weighted by atomic mass is 16.5. The number of hydrogen-bond acceptors (Lipinski definition) is 4. The van der Waals surface area contributed by atoms with Crippen molar-refractivity contribution in [1.82, 2.24) is 9.88 Å². The highest BCUT2D eigenvalue weighted by molar-refractivity contribution is 5.84. The molecule has 3 N–H and O–H groups in total. The summed E-state index contributed by atoms with van der Waals surface area (Å²) in [5.74, 6) is -0.387. The number of nitrogens with zero attached hydrogens (tertiary/aromatic N) is 1. The largest absolute Gasteiger partial charge is 0.468 e. The first-order valence-corrected chi connectivity index (χ1v) is 8.64. The van der Waals surface area contributed by atoms with E-state index in [0.29, 0.717) is 19.5 Å². The Hall–Kier alpha value is -2.34. The van der Waals surface area contributed by atoms with Crippen molar-refractivity contribution in [3.8, 4) is 0 Å². The Bertz CT molecular complexity index is 739. The third-order valence-corrected chi connectivity index (χ3v) is 4.65. The predicted molar refractivity (Wildman–Crippen MR) is 97.8 cm³/mol. The van der Waals surface area contributed by atoms with Gasteiger partial charge in [0.25, 0.3) is 0 Å². The molecular formula is C19H27N3O3. The van der Waals surface area contributed by atoms with E-state index in [1.165, 1.54) is 7.11 Å². The fourth-order valence-corrected chi connectivity index (χ4v) is 2.98. The maximum absolute atomic E-state index is 12.0. The average Bonchev–Trinajstić information content (AvgIpc) is 2.97. The Balaban J connectivity index is 2.22. The lowest BCUT2D eigenvalue weighted by atomic mass is 9.99. The van der Waals surface area contributed by atoms with Crippen molar-refractivity contribution in [3.63, 3.8) is 0 Å². The number of ether oxygens (including phenoxy) is 1. The molecule has 25 heavy (non-hydrogen) atoms. The van der Waals surface area contributed by atoms with Gasteiger partial charge in [-0.25, -0.2) is 0 Å². The van der Waals surface area contributed by atoms with Gasteiger partial charge in [-0.2, -0.15) is 0 Å². The number of hydrogen-bond donors (Lipinski definition) is 2. The summed E-state index contributed by atoms with van der Waals surface area (Å²) in [5, 5.41) is 4.43. The molecule has 1 amide bonds. The summed E-state index contributed by atoms with van der Waals surface area (Å²) in [4.78, 5) is 23.1. The number of aryl methyl sites for hydroxylation is 1. The van der Waals surface area contributed by atoms with E-state index in [9.17, 15) is 9.59 Å². The number of benzene rings is 1. The van der Waals surface area contributed by atoms with Crippen molar-refractivity contribution in [2.45, 2.75) is 45.8 Å². The van der Waals surface area contributed by atoms with E-state index in [-0.39, 0.29) is 23.8 Å². The number of amides is 1. The second-order valence-corrected chi connectivity index (χ2v) is 6.35. The van der Waals surface area contributed by atoms with Crippen LogP contribution in [-0.4, -0.2) is 29.6 Å². The number of rotatable bonds is 9. The number of esters is 1. The first-order chi connectivity index (χ1) is 12.0. The van der Waals surface area contributed by atoms with Crippen molar-refractivity contribution >= 4 is 22.8 Å².